The number of aromatic nitrogens is 3. The molecule has 0 saturated carbocycles. The van der Waals surface area contributed by atoms with Crippen molar-refractivity contribution in [2.24, 2.45) is 0 Å². The Morgan fingerprint density at radius 2 is 2.03 bits per heavy atom. The highest BCUT2D eigenvalue weighted by atomic mass is 79.9. The number of pyridine rings is 2. The number of nitrogens with one attached hydrogen (secondary N) is 1. The third kappa shape index (κ3) is 3.96. The fourth-order valence-corrected chi connectivity index (χ4v) is 4.52. The van der Waals surface area contributed by atoms with Gasteiger partial charge < -0.3 is 4.74 Å². The van der Waals surface area contributed by atoms with Gasteiger partial charge in [0.15, 0.2) is 5.13 Å². The quantitative estimate of drug-likeness (QED) is 0.370. The Morgan fingerprint density at radius 3 is 2.79 bits per heavy atom. The molecule has 3 aromatic heterocycles. The Kier molecular flexibility index (Phi) is 5.49. The Hall–Kier alpha value is -2.55. The summed E-state index contributed by atoms with van der Waals surface area (Å²) in [6, 6.07) is 9.28. The fourth-order valence-electron chi connectivity index (χ4n) is 2.89. The minimum Gasteiger partial charge on any atom is -0.494 e. The van der Waals surface area contributed by atoms with E-state index in [4.69, 9.17) is 16.3 Å². The van der Waals surface area contributed by atoms with Crippen molar-refractivity contribution < 1.29 is 9.53 Å². The molecule has 0 radical (unpaired) electrons. The topological polar surface area (TPSA) is 77.0 Å². The lowest BCUT2D eigenvalue weighted by Crippen LogP contribution is -2.14. The van der Waals surface area contributed by atoms with Gasteiger partial charge in [0.25, 0.3) is 5.91 Å². The summed E-state index contributed by atoms with van der Waals surface area (Å²) in [6.45, 7) is 1.85. The monoisotopic (exact) mass is 488 g/mol. The summed E-state index contributed by atoms with van der Waals surface area (Å²) in [7, 11) is 1.54. The van der Waals surface area contributed by atoms with Crippen molar-refractivity contribution in [2.75, 3.05) is 12.4 Å². The normalized spacial score (nSPS) is 10.9. The van der Waals surface area contributed by atoms with Gasteiger partial charge in [-0.3, -0.25) is 15.1 Å². The van der Waals surface area contributed by atoms with Gasteiger partial charge in [-0.2, -0.15) is 0 Å². The molecule has 0 spiro atoms. The highest BCUT2D eigenvalue weighted by Crippen LogP contribution is 2.35. The van der Waals surface area contributed by atoms with E-state index in [0.29, 0.717) is 32.7 Å². The van der Waals surface area contributed by atoms with Crippen LogP contribution in [-0.4, -0.2) is 28.0 Å². The Bertz CT molecular complexity index is 1240. The number of fused-ring (bicyclic) bond motifs is 1. The number of aryl methyl sites for hydroxylation is 1. The molecule has 0 atom stereocenters. The number of halogens is 2. The number of ether oxygens (including phenoxy) is 1. The first-order valence-electron chi connectivity index (χ1n) is 8.49. The van der Waals surface area contributed by atoms with Crippen molar-refractivity contribution in [3.8, 4) is 16.9 Å². The summed E-state index contributed by atoms with van der Waals surface area (Å²) in [6.07, 6.45) is 3.07. The number of carbonyl (C=O) groups is 1. The van der Waals surface area contributed by atoms with E-state index in [1.165, 1.54) is 23.7 Å². The van der Waals surface area contributed by atoms with Gasteiger partial charge in [-0.25, -0.2) is 9.97 Å². The molecular weight excluding hydrogens is 476 g/mol. The number of hydrogen-bond acceptors (Lipinski definition) is 6. The van der Waals surface area contributed by atoms with Crippen LogP contribution >= 0.6 is 38.9 Å². The SMILES string of the molecule is COc1cnc(Cl)cc1-c1cc(C)ncc1C(=O)Nc1nc2c(Br)cccc2s1. The Balaban J connectivity index is 1.76. The predicted molar refractivity (Wildman–Crippen MR) is 119 cm³/mol. The van der Waals surface area contributed by atoms with Crippen LogP contribution in [0.5, 0.6) is 5.75 Å². The van der Waals surface area contributed by atoms with Gasteiger partial charge in [0.05, 0.1) is 29.1 Å². The maximum atomic E-state index is 13.1. The van der Waals surface area contributed by atoms with Crippen LogP contribution in [0.25, 0.3) is 21.3 Å². The Morgan fingerprint density at radius 1 is 1.21 bits per heavy atom. The summed E-state index contributed by atoms with van der Waals surface area (Å²) in [5, 5.41) is 3.68. The molecule has 29 heavy (non-hydrogen) atoms. The van der Waals surface area contributed by atoms with Crippen LogP contribution < -0.4 is 10.1 Å². The number of nitrogens with zero attached hydrogens (tertiary/aromatic N) is 3. The van der Waals surface area contributed by atoms with Crippen LogP contribution in [0.4, 0.5) is 5.13 Å². The zero-order valence-electron chi connectivity index (χ0n) is 15.4. The number of anilines is 1. The smallest absolute Gasteiger partial charge is 0.259 e. The molecule has 6 nitrogen and oxygen atoms in total. The average Bonchev–Trinajstić information content (AvgIpc) is 3.11. The highest BCUT2D eigenvalue weighted by Gasteiger charge is 2.19. The number of hydrogen-bond donors (Lipinski definition) is 1. The van der Waals surface area contributed by atoms with Gasteiger partial charge in [-0.05, 0) is 47.1 Å². The predicted octanol–water partition coefficient (Wildman–Crippen LogP) is 5.74. The van der Waals surface area contributed by atoms with Crippen molar-refractivity contribution in [1.29, 1.82) is 0 Å². The standard InChI is InChI=1S/C20H14BrClN4O2S/c1-10-6-11(12-7-17(22)24-9-15(12)28-2)13(8-23-10)19(27)26-20-25-18-14(21)4-3-5-16(18)29-20/h3-9H,1-2H3,(H,25,26,27). The van der Waals surface area contributed by atoms with Crippen LogP contribution in [0.3, 0.4) is 0 Å². The van der Waals surface area contributed by atoms with Gasteiger partial charge in [0.2, 0.25) is 0 Å². The van der Waals surface area contributed by atoms with Crippen LogP contribution in [0.2, 0.25) is 5.15 Å². The lowest BCUT2D eigenvalue weighted by atomic mass is 10.0. The molecule has 0 aliphatic heterocycles. The first kappa shape index (κ1) is 19.8. The van der Waals surface area contributed by atoms with Crippen molar-refractivity contribution in [3.63, 3.8) is 0 Å². The van der Waals surface area contributed by atoms with E-state index in [9.17, 15) is 4.79 Å². The van der Waals surface area contributed by atoms with Crippen LogP contribution in [0.15, 0.2) is 47.2 Å². The average molecular weight is 490 g/mol. The molecule has 4 rings (SSSR count). The van der Waals surface area contributed by atoms with Crippen molar-refractivity contribution in [2.45, 2.75) is 6.92 Å². The largest absolute Gasteiger partial charge is 0.494 e. The second kappa shape index (κ2) is 8.06. The molecule has 0 bridgehead atoms. The number of carbonyl (C=O) groups excluding carboxylic acids is 1. The van der Waals surface area contributed by atoms with E-state index in [0.717, 1.165) is 20.4 Å². The highest BCUT2D eigenvalue weighted by molar-refractivity contribution is 9.10. The number of para-hydroxylation sites is 1. The van der Waals surface area contributed by atoms with Crippen molar-refractivity contribution >= 4 is 60.1 Å². The van der Waals surface area contributed by atoms with Crippen molar-refractivity contribution in [3.05, 3.63) is 63.6 Å². The molecule has 0 fully saturated rings. The molecule has 9 heteroatoms. The molecule has 0 unspecified atom stereocenters. The number of thiazole rings is 1. The Labute approximate surface area is 184 Å². The van der Waals surface area contributed by atoms with E-state index in [1.807, 2.05) is 31.2 Å². The minimum absolute atomic E-state index is 0.303. The summed E-state index contributed by atoms with van der Waals surface area (Å²) in [5.41, 5.74) is 3.26. The summed E-state index contributed by atoms with van der Waals surface area (Å²) in [5.74, 6) is 0.190. The third-order valence-corrected chi connectivity index (χ3v) is 6.00. The van der Waals surface area contributed by atoms with Gasteiger partial charge in [-0.15, -0.1) is 0 Å². The number of methoxy groups -OCH3 is 1. The lowest BCUT2D eigenvalue weighted by Gasteiger charge is -2.13. The van der Waals surface area contributed by atoms with Crippen molar-refractivity contribution in [1.82, 2.24) is 15.0 Å². The molecule has 1 aromatic carbocycles. The lowest BCUT2D eigenvalue weighted by molar-refractivity contribution is 0.102. The van der Waals surface area contributed by atoms with E-state index in [-0.39, 0.29) is 5.91 Å². The van der Waals surface area contributed by atoms with E-state index < -0.39 is 0 Å². The molecule has 3 heterocycles. The van der Waals surface area contributed by atoms with Gasteiger partial charge in [0.1, 0.15) is 10.9 Å². The molecule has 4 aromatic rings. The maximum absolute atomic E-state index is 13.1. The molecule has 1 amide bonds. The molecular formula is C20H14BrClN4O2S. The summed E-state index contributed by atoms with van der Waals surface area (Å²) >= 11 is 11.0. The minimum atomic E-state index is -0.322. The van der Waals surface area contributed by atoms with Crippen LogP contribution in [0.1, 0.15) is 16.1 Å². The molecule has 1 N–H and O–H groups in total. The molecule has 0 saturated heterocycles. The molecule has 0 aliphatic rings. The zero-order chi connectivity index (χ0) is 20.5. The summed E-state index contributed by atoms with van der Waals surface area (Å²) < 4.78 is 7.26. The summed E-state index contributed by atoms with van der Waals surface area (Å²) in [4.78, 5) is 25.9. The van der Waals surface area contributed by atoms with Gasteiger partial charge in [0, 0.05) is 27.5 Å². The van der Waals surface area contributed by atoms with E-state index >= 15 is 0 Å². The number of rotatable bonds is 4. The van der Waals surface area contributed by atoms with Gasteiger partial charge in [-0.1, -0.05) is 29.0 Å². The van der Waals surface area contributed by atoms with Gasteiger partial charge >= 0.3 is 0 Å². The first-order valence-corrected chi connectivity index (χ1v) is 10.5. The number of amides is 1. The van der Waals surface area contributed by atoms with Crippen LogP contribution in [0, 0.1) is 6.92 Å². The van der Waals surface area contributed by atoms with E-state index in [2.05, 4.69) is 36.2 Å². The molecule has 0 aliphatic carbocycles. The second-order valence-electron chi connectivity index (χ2n) is 6.14. The van der Waals surface area contributed by atoms with Crippen LogP contribution in [-0.2, 0) is 0 Å². The van der Waals surface area contributed by atoms with E-state index in [1.54, 1.807) is 13.2 Å². The fraction of sp³-hybridized carbons (Fsp3) is 0.100. The third-order valence-electron chi connectivity index (χ3n) is 4.22. The molecule has 146 valence electrons. The maximum Gasteiger partial charge on any atom is 0.259 e. The second-order valence-corrected chi connectivity index (χ2v) is 8.41. The zero-order valence-corrected chi connectivity index (χ0v) is 18.5. The first-order chi connectivity index (χ1) is 14.0. The number of benzene rings is 1.